The van der Waals surface area contributed by atoms with E-state index in [4.69, 9.17) is 0 Å². The number of hydrogen-bond donors (Lipinski definition) is 2. The van der Waals surface area contributed by atoms with Crippen LogP contribution in [0.25, 0.3) is 11.3 Å². The molecule has 0 amide bonds. The second-order valence-electron chi connectivity index (χ2n) is 8.54. The summed E-state index contributed by atoms with van der Waals surface area (Å²) in [7, 11) is 0. The fourth-order valence-corrected chi connectivity index (χ4v) is 4.30. The van der Waals surface area contributed by atoms with Crippen LogP contribution in [0, 0.1) is 11.6 Å². The summed E-state index contributed by atoms with van der Waals surface area (Å²) in [5, 5.41) is 6.74. The Morgan fingerprint density at radius 2 is 1.94 bits per heavy atom. The molecule has 0 saturated carbocycles. The molecule has 2 heterocycles. The summed E-state index contributed by atoms with van der Waals surface area (Å²) in [5.41, 5.74) is 3.73. The highest BCUT2D eigenvalue weighted by Gasteiger charge is 2.17. The Bertz CT molecular complexity index is 1030. The highest BCUT2D eigenvalue weighted by Crippen LogP contribution is 2.20. The lowest BCUT2D eigenvalue weighted by Gasteiger charge is -2.24. The van der Waals surface area contributed by atoms with Crippen molar-refractivity contribution in [2.24, 2.45) is 0 Å². The van der Waals surface area contributed by atoms with Crippen molar-refractivity contribution in [1.82, 2.24) is 20.2 Å². The first-order chi connectivity index (χ1) is 16.1. The molecule has 5 nitrogen and oxygen atoms in total. The molecule has 1 atom stereocenters. The maximum absolute atomic E-state index is 13.4. The van der Waals surface area contributed by atoms with E-state index in [0.29, 0.717) is 30.5 Å². The first kappa shape index (κ1) is 23.3. The topological polar surface area (TPSA) is 53.1 Å². The summed E-state index contributed by atoms with van der Waals surface area (Å²) in [4.78, 5) is 11.4. The molecule has 1 saturated heterocycles. The number of likely N-dealkylation sites (N-methyl/N-ethyl adjacent to an activating group) is 1. The van der Waals surface area contributed by atoms with Crippen LogP contribution in [0.1, 0.15) is 30.9 Å². The van der Waals surface area contributed by atoms with Crippen molar-refractivity contribution in [2.45, 2.75) is 38.8 Å². The molecular weight excluding hydrogens is 420 g/mol. The maximum atomic E-state index is 13.4. The molecule has 3 aromatic rings. The first-order valence-electron chi connectivity index (χ1n) is 11.7. The van der Waals surface area contributed by atoms with Gasteiger partial charge in [0.05, 0.1) is 5.69 Å². The van der Waals surface area contributed by atoms with Crippen LogP contribution in [-0.4, -0.2) is 47.1 Å². The molecule has 0 radical (unpaired) electrons. The average Bonchev–Trinajstić information content (AvgIpc) is 3.31. The van der Waals surface area contributed by atoms with E-state index in [1.807, 2.05) is 6.07 Å². The van der Waals surface area contributed by atoms with Crippen LogP contribution in [0.15, 0.2) is 54.7 Å². The number of anilines is 1. The predicted molar refractivity (Wildman–Crippen MR) is 128 cm³/mol. The van der Waals surface area contributed by atoms with E-state index < -0.39 is 11.6 Å². The third-order valence-corrected chi connectivity index (χ3v) is 5.99. The van der Waals surface area contributed by atoms with E-state index in [9.17, 15) is 8.78 Å². The van der Waals surface area contributed by atoms with Crippen molar-refractivity contribution in [3.8, 4) is 11.3 Å². The molecule has 1 aliphatic rings. The minimum Gasteiger partial charge on any atom is -0.354 e. The number of nitrogens with one attached hydrogen (secondary N) is 2. The lowest BCUT2D eigenvalue weighted by atomic mass is 10.1. The molecule has 7 heteroatoms. The minimum atomic E-state index is -0.565. The van der Waals surface area contributed by atoms with E-state index in [1.54, 1.807) is 6.20 Å². The molecule has 1 aliphatic heterocycles. The highest BCUT2D eigenvalue weighted by atomic mass is 19.1. The molecule has 1 aromatic heterocycles. The molecule has 33 heavy (non-hydrogen) atoms. The number of hydrogen-bond acceptors (Lipinski definition) is 5. The fraction of sp³-hybridized carbons (Fsp3) is 0.385. The van der Waals surface area contributed by atoms with Crippen LogP contribution < -0.4 is 10.6 Å². The SMILES string of the molecule is CCN(Cc1cccc(-c2ccnc(NCCc3cc(F)cc(F)c3)n2)c1)C[C@@H]1CCCN1. The third kappa shape index (κ3) is 6.79. The van der Waals surface area contributed by atoms with Gasteiger partial charge in [0.25, 0.3) is 0 Å². The second-order valence-corrected chi connectivity index (χ2v) is 8.54. The monoisotopic (exact) mass is 451 g/mol. The number of nitrogens with zero attached hydrogens (tertiary/aromatic N) is 3. The standard InChI is InChI=1S/C26H31F2N5/c1-2-33(18-24-7-4-10-29-24)17-20-5-3-6-21(13-20)25-9-12-31-26(32-25)30-11-8-19-14-22(27)16-23(28)15-19/h3,5-6,9,12-16,24,29H,2,4,7-8,10-11,17-18H2,1H3,(H,30,31,32)/t24-/m0/s1. The van der Waals surface area contributed by atoms with Gasteiger partial charge >= 0.3 is 0 Å². The first-order valence-corrected chi connectivity index (χ1v) is 11.7. The molecule has 2 aromatic carbocycles. The Morgan fingerprint density at radius 3 is 2.70 bits per heavy atom. The lowest BCUT2D eigenvalue weighted by Crippen LogP contribution is -2.37. The zero-order valence-electron chi connectivity index (χ0n) is 19.0. The summed E-state index contributed by atoms with van der Waals surface area (Å²) >= 11 is 0. The Balaban J connectivity index is 1.38. The minimum absolute atomic E-state index is 0.473. The number of benzene rings is 2. The van der Waals surface area contributed by atoms with E-state index in [2.05, 4.69) is 56.7 Å². The molecule has 174 valence electrons. The summed E-state index contributed by atoms with van der Waals surface area (Å²) in [6, 6.07) is 14.5. The van der Waals surface area contributed by atoms with E-state index in [0.717, 1.165) is 43.5 Å². The Kier molecular flexibility index (Phi) is 7.96. The van der Waals surface area contributed by atoms with Gasteiger partial charge in [0, 0.05) is 43.5 Å². The third-order valence-electron chi connectivity index (χ3n) is 5.99. The van der Waals surface area contributed by atoms with Crippen molar-refractivity contribution in [2.75, 3.05) is 31.5 Å². The Morgan fingerprint density at radius 1 is 1.09 bits per heavy atom. The molecule has 1 fully saturated rings. The summed E-state index contributed by atoms with van der Waals surface area (Å²) in [5.74, 6) is -0.634. The van der Waals surface area contributed by atoms with Gasteiger partial charge in [-0.1, -0.05) is 25.1 Å². The van der Waals surface area contributed by atoms with Crippen LogP contribution >= 0.6 is 0 Å². The maximum Gasteiger partial charge on any atom is 0.223 e. The van der Waals surface area contributed by atoms with Gasteiger partial charge in [-0.3, -0.25) is 4.90 Å². The number of rotatable bonds is 10. The van der Waals surface area contributed by atoms with Gasteiger partial charge in [-0.15, -0.1) is 0 Å². The largest absolute Gasteiger partial charge is 0.354 e. The molecule has 0 spiro atoms. The Hall–Kier alpha value is -2.90. The van der Waals surface area contributed by atoms with Gasteiger partial charge in [0.2, 0.25) is 5.95 Å². The van der Waals surface area contributed by atoms with Crippen LogP contribution in [0.2, 0.25) is 0 Å². The molecule has 0 aliphatic carbocycles. The molecule has 2 N–H and O–H groups in total. The van der Waals surface area contributed by atoms with Crippen LogP contribution in [0.3, 0.4) is 0 Å². The van der Waals surface area contributed by atoms with Crippen molar-refractivity contribution in [1.29, 1.82) is 0 Å². The van der Waals surface area contributed by atoms with Gasteiger partial charge in [-0.05, 0) is 67.7 Å². The van der Waals surface area contributed by atoms with Crippen molar-refractivity contribution in [3.05, 3.63) is 77.5 Å². The van der Waals surface area contributed by atoms with Crippen LogP contribution in [0.5, 0.6) is 0 Å². The van der Waals surface area contributed by atoms with Crippen molar-refractivity contribution in [3.63, 3.8) is 0 Å². The van der Waals surface area contributed by atoms with Gasteiger partial charge in [-0.2, -0.15) is 0 Å². The second kappa shape index (κ2) is 11.3. The summed E-state index contributed by atoms with van der Waals surface area (Å²) in [6.45, 7) is 6.80. The normalized spacial score (nSPS) is 15.8. The average molecular weight is 452 g/mol. The highest BCUT2D eigenvalue weighted by molar-refractivity contribution is 5.60. The van der Waals surface area contributed by atoms with Gasteiger partial charge < -0.3 is 10.6 Å². The fourth-order valence-electron chi connectivity index (χ4n) is 4.30. The quantitative estimate of drug-likeness (QED) is 0.470. The van der Waals surface area contributed by atoms with E-state index >= 15 is 0 Å². The van der Waals surface area contributed by atoms with Crippen molar-refractivity contribution < 1.29 is 8.78 Å². The number of aromatic nitrogens is 2. The molecule has 0 unspecified atom stereocenters. The molecular formula is C26H31F2N5. The zero-order valence-corrected chi connectivity index (χ0v) is 19.0. The van der Waals surface area contributed by atoms with Gasteiger partial charge in [-0.25, -0.2) is 18.7 Å². The Labute approximate surface area is 194 Å². The summed E-state index contributed by atoms with van der Waals surface area (Å²) in [6.07, 6.45) is 4.71. The molecule has 4 rings (SSSR count). The van der Waals surface area contributed by atoms with Crippen molar-refractivity contribution >= 4 is 5.95 Å². The smallest absolute Gasteiger partial charge is 0.223 e. The zero-order chi connectivity index (χ0) is 23.0. The van der Waals surface area contributed by atoms with Gasteiger partial charge in [0.1, 0.15) is 11.6 Å². The van der Waals surface area contributed by atoms with E-state index in [-0.39, 0.29) is 0 Å². The molecule has 0 bridgehead atoms. The van der Waals surface area contributed by atoms with Crippen LogP contribution in [-0.2, 0) is 13.0 Å². The van der Waals surface area contributed by atoms with E-state index in [1.165, 1.54) is 30.5 Å². The van der Waals surface area contributed by atoms with Crippen LogP contribution in [0.4, 0.5) is 14.7 Å². The number of halogens is 2. The van der Waals surface area contributed by atoms with Gasteiger partial charge in [0.15, 0.2) is 0 Å². The predicted octanol–water partition coefficient (Wildman–Crippen LogP) is 4.65. The lowest BCUT2D eigenvalue weighted by molar-refractivity contribution is 0.253. The summed E-state index contributed by atoms with van der Waals surface area (Å²) < 4.78 is 26.7.